The van der Waals surface area contributed by atoms with E-state index >= 15 is 0 Å². The van der Waals surface area contributed by atoms with Crippen molar-refractivity contribution in [1.82, 2.24) is 10.2 Å². The largest absolute Gasteiger partial charge is 0.466 e. The number of urea groups is 1. The normalized spacial score (nSPS) is 15.7. The maximum absolute atomic E-state index is 13.0. The van der Waals surface area contributed by atoms with Crippen molar-refractivity contribution in [2.75, 3.05) is 19.0 Å². The summed E-state index contributed by atoms with van der Waals surface area (Å²) in [5.41, 5.74) is 2.91. The Morgan fingerprint density at radius 3 is 2.46 bits per heavy atom. The summed E-state index contributed by atoms with van der Waals surface area (Å²) in [6.45, 7) is 4.35. The van der Waals surface area contributed by atoms with Gasteiger partial charge in [-0.25, -0.2) is 9.59 Å². The second-order valence-electron chi connectivity index (χ2n) is 8.48. The van der Waals surface area contributed by atoms with Crippen LogP contribution < -0.4 is 10.6 Å². The van der Waals surface area contributed by atoms with E-state index in [1.165, 1.54) is 7.11 Å². The molecule has 1 heterocycles. The maximum Gasteiger partial charge on any atom is 0.337 e. The number of rotatable bonds is 7. The van der Waals surface area contributed by atoms with Gasteiger partial charge in [0, 0.05) is 23.5 Å². The second-order valence-corrected chi connectivity index (χ2v) is 8.48. The van der Waals surface area contributed by atoms with Gasteiger partial charge in [0.15, 0.2) is 0 Å². The molecule has 3 aromatic carbocycles. The summed E-state index contributed by atoms with van der Waals surface area (Å²) in [6, 6.07) is 19.6. The lowest BCUT2D eigenvalue weighted by Crippen LogP contribution is -2.48. The topological polar surface area (TPSA) is 87.7 Å². The van der Waals surface area contributed by atoms with Crippen molar-refractivity contribution in [2.45, 2.75) is 32.7 Å². The first kappa shape index (κ1) is 24.0. The fourth-order valence-corrected chi connectivity index (χ4v) is 4.37. The van der Waals surface area contributed by atoms with Crippen LogP contribution >= 0.6 is 0 Å². The van der Waals surface area contributed by atoms with Crippen LogP contribution in [0.2, 0.25) is 0 Å². The van der Waals surface area contributed by atoms with Crippen LogP contribution in [0.4, 0.5) is 10.5 Å². The Morgan fingerprint density at radius 2 is 1.74 bits per heavy atom. The number of carbonyl (C=O) groups excluding carboxylic acids is 3. The van der Waals surface area contributed by atoms with Crippen LogP contribution in [0.15, 0.2) is 78.0 Å². The summed E-state index contributed by atoms with van der Waals surface area (Å²) in [4.78, 5) is 40.0. The lowest BCUT2D eigenvalue weighted by Gasteiger charge is -2.35. The standard InChI is InChI=1S/C28H29N3O4/c1-4-5-17-31-18(2)24(27(33)35-3)25(30-28(31)34)20-13-15-21(16-14-20)29-26(32)23-12-8-10-19-9-6-7-11-22(19)23/h6-16,25H,4-5,17H2,1-3H3,(H,29,32)(H,30,34). The number of methoxy groups -OCH3 is 1. The summed E-state index contributed by atoms with van der Waals surface area (Å²) in [7, 11) is 1.33. The van der Waals surface area contributed by atoms with E-state index in [1.54, 1.807) is 42.2 Å². The van der Waals surface area contributed by atoms with E-state index in [0.717, 1.165) is 29.2 Å². The summed E-state index contributed by atoms with van der Waals surface area (Å²) in [6.07, 6.45) is 1.76. The van der Waals surface area contributed by atoms with E-state index in [9.17, 15) is 14.4 Å². The summed E-state index contributed by atoms with van der Waals surface area (Å²) in [5, 5.41) is 7.74. The van der Waals surface area contributed by atoms with Crippen LogP contribution in [0.5, 0.6) is 0 Å². The summed E-state index contributed by atoms with van der Waals surface area (Å²) >= 11 is 0. The molecule has 1 unspecified atom stereocenters. The van der Waals surface area contributed by atoms with Gasteiger partial charge in [0.2, 0.25) is 0 Å². The van der Waals surface area contributed by atoms with Crippen LogP contribution in [0.1, 0.15) is 48.7 Å². The number of fused-ring (bicyclic) bond motifs is 1. The molecule has 7 heteroatoms. The molecule has 35 heavy (non-hydrogen) atoms. The second kappa shape index (κ2) is 10.4. The number of esters is 1. The Balaban J connectivity index is 1.58. The van der Waals surface area contributed by atoms with Gasteiger partial charge >= 0.3 is 12.0 Å². The number of allylic oxidation sites excluding steroid dienone is 1. The Bertz CT molecular complexity index is 1290. The minimum atomic E-state index is -0.643. The Kier molecular flexibility index (Phi) is 7.15. The molecule has 180 valence electrons. The molecule has 0 fully saturated rings. The van der Waals surface area contributed by atoms with Crippen molar-refractivity contribution >= 4 is 34.4 Å². The molecule has 0 saturated heterocycles. The molecule has 7 nitrogen and oxygen atoms in total. The fourth-order valence-electron chi connectivity index (χ4n) is 4.37. The number of nitrogens with zero attached hydrogens (tertiary/aromatic N) is 1. The van der Waals surface area contributed by atoms with Crippen LogP contribution in [-0.4, -0.2) is 36.5 Å². The molecule has 1 aliphatic rings. The number of benzene rings is 3. The Labute approximate surface area is 204 Å². The van der Waals surface area contributed by atoms with Crippen LogP contribution in [0, 0.1) is 0 Å². The highest BCUT2D eigenvalue weighted by Crippen LogP contribution is 2.32. The minimum Gasteiger partial charge on any atom is -0.466 e. The number of carbonyl (C=O) groups is 3. The predicted octanol–water partition coefficient (Wildman–Crippen LogP) is 5.41. The van der Waals surface area contributed by atoms with Crippen LogP contribution in [0.25, 0.3) is 10.8 Å². The molecule has 2 N–H and O–H groups in total. The van der Waals surface area contributed by atoms with Crippen molar-refractivity contribution < 1.29 is 19.1 Å². The molecule has 3 amide bonds. The lowest BCUT2D eigenvalue weighted by atomic mass is 9.94. The number of nitrogens with one attached hydrogen (secondary N) is 2. The Morgan fingerprint density at radius 1 is 1.03 bits per heavy atom. The first-order valence-corrected chi connectivity index (χ1v) is 11.7. The summed E-state index contributed by atoms with van der Waals surface area (Å²) in [5.74, 6) is -0.694. The maximum atomic E-state index is 13.0. The van der Waals surface area contributed by atoms with E-state index < -0.39 is 12.0 Å². The molecule has 3 aromatic rings. The Hall–Kier alpha value is -4.13. The summed E-state index contributed by atoms with van der Waals surface area (Å²) < 4.78 is 5.03. The molecule has 4 rings (SSSR count). The van der Waals surface area contributed by atoms with Crippen LogP contribution in [0.3, 0.4) is 0 Å². The predicted molar refractivity (Wildman–Crippen MR) is 136 cm³/mol. The number of amides is 3. The molecule has 0 bridgehead atoms. The van der Waals surface area contributed by atoms with Crippen molar-refractivity contribution in [1.29, 1.82) is 0 Å². The van der Waals surface area contributed by atoms with Crippen LogP contribution in [-0.2, 0) is 9.53 Å². The highest BCUT2D eigenvalue weighted by molar-refractivity contribution is 6.12. The fraction of sp³-hybridized carbons (Fsp3) is 0.250. The highest BCUT2D eigenvalue weighted by atomic mass is 16.5. The van der Waals surface area contributed by atoms with Gasteiger partial charge in [-0.05, 0) is 47.9 Å². The first-order valence-electron chi connectivity index (χ1n) is 11.7. The first-order chi connectivity index (χ1) is 16.9. The molecular weight excluding hydrogens is 442 g/mol. The zero-order valence-electron chi connectivity index (χ0n) is 20.1. The van der Waals surface area contributed by atoms with Gasteiger partial charge in [0.1, 0.15) is 0 Å². The van der Waals surface area contributed by atoms with E-state index in [-0.39, 0.29) is 11.9 Å². The van der Waals surface area contributed by atoms with E-state index in [0.29, 0.717) is 29.1 Å². The average Bonchev–Trinajstić information content (AvgIpc) is 2.88. The zero-order chi connectivity index (χ0) is 24.9. The quantitative estimate of drug-likeness (QED) is 0.451. The van der Waals surface area contributed by atoms with Gasteiger partial charge in [-0.2, -0.15) is 0 Å². The smallest absolute Gasteiger partial charge is 0.337 e. The van der Waals surface area contributed by atoms with E-state index in [2.05, 4.69) is 10.6 Å². The number of anilines is 1. The van der Waals surface area contributed by atoms with Gasteiger partial charge in [0.25, 0.3) is 5.91 Å². The van der Waals surface area contributed by atoms with E-state index in [4.69, 9.17) is 4.74 Å². The lowest BCUT2D eigenvalue weighted by molar-refractivity contribution is -0.136. The number of hydrogen-bond donors (Lipinski definition) is 2. The number of ether oxygens (including phenoxy) is 1. The molecule has 0 radical (unpaired) electrons. The third kappa shape index (κ3) is 4.89. The van der Waals surface area contributed by atoms with Gasteiger partial charge < -0.3 is 15.4 Å². The van der Waals surface area contributed by atoms with Crippen molar-refractivity contribution in [3.8, 4) is 0 Å². The molecule has 0 aromatic heterocycles. The molecule has 0 saturated carbocycles. The van der Waals surface area contributed by atoms with Gasteiger partial charge in [-0.3, -0.25) is 9.69 Å². The van der Waals surface area contributed by atoms with E-state index in [1.807, 2.05) is 43.3 Å². The molecule has 1 atom stereocenters. The van der Waals surface area contributed by atoms with Gasteiger partial charge in [0.05, 0.1) is 18.7 Å². The van der Waals surface area contributed by atoms with Crippen molar-refractivity contribution in [3.63, 3.8) is 0 Å². The highest BCUT2D eigenvalue weighted by Gasteiger charge is 2.35. The average molecular weight is 472 g/mol. The SMILES string of the molecule is CCCCN1C(=O)NC(c2ccc(NC(=O)c3cccc4ccccc34)cc2)C(C(=O)OC)=C1C. The number of unbranched alkanes of at least 4 members (excludes halogenated alkanes) is 1. The van der Waals surface area contributed by atoms with Gasteiger partial charge in [-0.1, -0.05) is 61.9 Å². The number of hydrogen-bond acceptors (Lipinski definition) is 4. The zero-order valence-corrected chi connectivity index (χ0v) is 20.1. The molecule has 0 aliphatic carbocycles. The minimum absolute atomic E-state index is 0.210. The van der Waals surface area contributed by atoms with Crippen molar-refractivity contribution in [2.24, 2.45) is 0 Å². The molecule has 1 aliphatic heterocycles. The molecular formula is C28H29N3O4. The third-order valence-corrected chi connectivity index (χ3v) is 6.27. The van der Waals surface area contributed by atoms with Gasteiger partial charge in [-0.15, -0.1) is 0 Å². The molecule has 0 spiro atoms. The third-order valence-electron chi connectivity index (χ3n) is 6.27. The van der Waals surface area contributed by atoms with Crippen molar-refractivity contribution in [3.05, 3.63) is 89.1 Å². The monoisotopic (exact) mass is 471 g/mol.